The fraction of sp³-hybridized carbons (Fsp3) is 0.188. The van der Waals surface area contributed by atoms with Crippen LogP contribution < -0.4 is 10.0 Å². The number of sulfonamides is 1. The lowest BCUT2D eigenvalue weighted by atomic mass is 10.0. The van der Waals surface area contributed by atoms with Crippen LogP contribution in [0.25, 0.3) is 0 Å². The first kappa shape index (κ1) is 18.6. The molecule has 24 heavy (non-hydrogen) atoms. The molecule has 1 atom stereocenters. The lowest BCUT2D eigenvalue weighted by molar-refractivity contribution is -0.116. The second-order valence-corrected chi connectivity index (χ2v) is 7.95. The molecular formula is C16H16BrFN2O3S. The summed E-state index contributed by atoms with van der Waals surface area (Å²) in [6, 6.07) is 11.6. The summed E-state index contributed by atoms with van der Waals surface area (Å²) >= 11 is 3.30. The van der Waals surface area contributed by atoms with E-state index in [-0.39, 0.29) is 12.3 Å². The van der Waals surface area contributed by atoms with E-state index in [0.717, 1.165) is 10.7 Å². The third-order valence-corrected chi connectivity index (χ3v) is 4.39. The van der Waals surface area contributed by atoms with E-state index in [4.69, 9.17) is 0 Å². The zero-order valence-corrected chi connectivity index (χ0v) is 15.2. The number of rotatable bonds is 6. The standard InChI is InChI=1S/C16H16BrFN2O3S/c1-24(22,23)20-15(11-2-6-13(18)7-3-11)10-16(21)19-14-8-4-12(17)5-9-14/h2-9,15,20H,10H2,1H3,(H,19,21). The lowest BCUT2D eigenvalue weighted by Gasteiger charge is -2.18. The van der Waals surface area contributed by atoms with Gasteiger partial charge in [-0.1, -0.05) is 28.1 Å². The summed E-state index contributed by atoms with van der Waals surface area (Å²) in [5.41, 5.74) is 1.10. The van der Waals surface area contributed by atoms with Crippen LogP contribution in [-0.4, -0.2) is 20.6 Å². The summed E-state index contributed by atoms with van der Waals surface area (Å²) in [6.45, 7) is 0. The van der Waals surface area contributed by atoms with Crippen LogP contribution in [0, 0.1) is 5.82 Å². The first-order valence-electron chi connectivity index (χ1n) is 7.01. The van der Waals surface area contributed by atoms with Gasteiger partial charge in [-0.15, -0.1) is 0 Å². The molecule has 2 rings (SSSR count). The van der Waals surface area contributed by atoms with Gasteiger partial charge in [0.2, 0.25) is 15.9 Å². The van der Waals surface area contributed by atoms with Crippen molar-refractivity contribution in [3.63, 3.8) is 0 Å². The number of carbonyl (C=O) groups excluding carboxylic acids is 1. The Morgan fingerprint density at radius 2 is 1.71 bits per heavy atom. The topological polar surface area (TPSA) is 75.3 Å². The van der Waals surface area contributed by atoms with Crippen LogP contribution in [0.4, 0.5) is 10.1 Å². The Hall–Kier alpha value is -1.77. The molecule has 2 aromatic rings. The fourth-order valence-corrected chi connectivity index (χ4v) is 3.11. The summed E-state index contributed by atoms with van der Waals surface area (Å²) in [4.78, 5) is 12.2. The maximum absolute atomic E-state index is 13.0. The fourth-order valence-electron chi connectivity index (χ4n) is 2.11. The van der Waals surface area contributed by atoms with Crippen LogP contribution in [-0.2, 0) is 14.8 Å². The molecule has 0 bridgehead atoms. The maximum Gasteiger partial charge on any atom is 0.226 e. The molecule has 0 aliphatic carbocycles. The average molecular weight is 415 g/mol. The van der Waals surface area contributed by atoms with Crippen molar-refractivity contribution in [2.24, 2.45) is 0 Å². The van der Waals surface area contributed by atoms with E-state index in [0.29, 0.717) is 11.3 Å². The molecule has 0 saturated carbocycles. The van der Waals surface area contributed by atoms with E-state index < -0.39 is 21.9 Å². The average Bonchev–Trinajstić information content (AvgIpc) is 2.48. The van der Waals surface area contributed by atoms with Gasteiger partial charge in [-0.2, -0.15) is 0 Å². The molecule has 8 heteroatoms. The van der Waals surface area contributed by atoms with Crippen molar-refractivity contribution in [2.45, 2.75) is 12.5 Å². The van der Waals surface area contributed by atoms with Gasteiger partial charge >= 0.3 is 0 Å². The van der Waals surface area contributed by atoms with E-state index in [2.05, 4.69) is 26.0 Å². The summed E-state index contributed by atoms with van der Waals surface area (Å²) in [5, 5.41) is 2.70. The van der Waals surface area contributed by atoms with Gasteiger partial charge in [-0.3, -0.25) is 4.79 Å². The Morgan fingerprint density at radius 3 is 2.25 bits per heavy atom. The highest BCUT2D eigenvalue weighted by molar-refractivity contribution is 9.10. The Bertz CT molecular complexity index is 808. The third kappa shape index (κ3) is 6.03. The summed E-state index contributed by atoms with van der Waals surface area (Å²) in [7, 11) is -3.54. The van der Waals surface area contributed by atoms with Crippen molar-refractivity contribution in [1.82, 2.24) is 4.72 Å². The SMILES string of the molecule is CS(=O)(=O)NC(CC(=O)Nc1ccc(Br)cc1)c1ccc(F)cc1. The number of halogens is 2. The molecule has 0 radical (unpaired) electrons. The lowest BCUT2D eigenvalue weighted by Crippen LogP contribution is -2.30. The van der Waals surface area contributed by atoms with Gasteiger partial charge in [-0.25, -0.2) is 17.5 Å². The second-order valence-electron chi connectivity index (χ2n) is 5.25. The third-order valence-electron chi connectivity index (χ3n) is 3.15. The van der Waals surface area contributed by atoms with Gasteiger partial charge < -0.3 is 5.32 Å². The van der Waals surface area contributed by atoms with Gasteiger partial charge in [0.15, 0.2) is 0 Å². The van der Waals surface area contributed by atoms with Crippen molar-refractivity contribution in [3.05, 3.63) is 64.4 Å². The van der Waals surface area contributed by atoms with Crippen molar-refractivity contribution in [1.29, 1.82) is 0 Å². The van der Waals surface area contributed by atoms with Gasteiger partial charge in [0.25, 0.3) is 0 Å². The minimum atomic E-state index is -3.54. The van der Waals surface area contributed by atoms with Gasteiger partial charge in [0.05, 0.1) is 12.3 Å². The van der Waals surface area contributed by atoms with Gasteiger partial charge in [0, 0.05) is 16.6 Å². The number of hydrogen-bond donors (Lipinski definition) is 2. The molecule has 0 aliphatic rings. The van der Waals surface area contributed by atoms with Crippen molar-refractivity contribution < 1.29 is 17.6 Å². The summed E-state index contributed by atoms with van der Waals surface area (Å²) < 4.78 is 39.4. The van der Waals surface area contributed by atoms with Gasteiger partial charge in [-0.05, 0) is 42.0 Å². The van der Waals surface area contributed by atoms with Crippen LogP contribution in [0.15, 0.2) is 53.0 Å². The number of hydrogen-bond acceptors (Lipinski definition) is 3. The molecule has 0 saturated heterocycles. The van der Waals surface area contributed by atoms with Crippen LogP contribution in [0.3, 0.4) is 0 Å². The van der Waals surface area contributed by atoms with E-state index in [1.165, 1.54) is 24.3 Å². The van der Waals surface area contributed by atoms with Gasteiger partial charge in [0.1, 0.15) is 5.82 Å². The van der Waals surface area contributed by atoms with Crippen LogP contribution in [0.1, 0.15) is 18.0 Å². The second kappa shape index (κ2) is 7.87. The first-order chi connectivity index (χ1) is 11.2. The quantitative estimate of drug-likeness (QED) is 0.761. The minimum absolute atomic E-state index is 0.116. The van der Waals surface area contributed by atoms with Crippen molar-refractivity contribution in [3.8, 4) is 0 Å². The molecule has 0 aromatic heterocycles. The molecule has 2 aromatic carbocycles. The van der Waals surface area contributed by atoms with E-state index >= 15 is 0 Å². The minimum Gasteiger partial charge on any atom is -0.326 e. The zero-order chi connectivity index (χ0) is 17.7. The predicted octanol–water partition coefficient (Wildman–Crippen LogP) is 3.21. The summed E-state index contributed by atoms with van der Waals surface area (Å²) in [6.07, 6.45) is 0.894. The molecule has 5 nitrogen and oxygen atoms in total. The smallest absolute Gasteiger partial charge is 0.226 e. The summed E-state index contributed by atoms with van der Waals surface area (Å²) in [5.74, 6) is -0.793. The Kier molecular flexibility index (Phi) is 6.09. The molecule has 0 spiro atoms. The molecule has 0 aliphatic heterocycles. The highest BCUT2D eigenvalue weighted by atomic mass is 79.9. The van der Waals surface area contributed by atoms with Crippen LogP contribution in [0.2, 0.25) is 0 Å². The Labute approximate surface area is 148 Å². The van der Waals surface area contributed by atoms with Crippen LogP contribution in [0.5, 0.6) is 0 Å². The number of nitrogens with one attached hydrogen (secondary N) is 2. The first-order valence-corrected chi connectivity index (χ1v) is 9.69. The number of benzene rings is 2. The highest BCUT2D eigenvalue weighted by Gasteiger charge is 2.20. The molecule has 2 N–H and O–H groups in total. The van der Waals surface area contributed by atoms with Crippen LogP contribution >= 0.6 is 15.9 Å². The molecule has 0 heterocycles. The van der Waals surface area contributed by atoms with Crippen molar-refractivity contribution >= 4 is 37.5 Å². The highest BCUT2D eigenvalue weighted by Crippen LogP contribution is 2.20. The molecule has 0 fully saturated rings. The monoisotopic (exact) mass is 414 g/mol. The van der Waals surface area contributed by atoms with E-state index in [1.54, 1.807) is 24.3 Å². The largest absolute Gasteiger partial charge is 0.326 e. The number of carbonyl (C=O) groups is 1. The molecule has 1 unspecified atom stereocenters. The predicted molar refractivity (Wildman–Crippen MR) is 94.5 cm³/mol. The molecule has 1 amide bonds. The maximum atomic E-state index is 13.0. The Morgan fingerprint density at radius 1 is 1.12 bits per heavy atom. The van der Waals surface area contributed by atoms with E-state index in [1.807, 2.05) is 0 Å². The molecular weight excluding hydrogens is 399 g/mol. The Balaban J connectivity index is 2.13. The number of anilines is 1. The van der Waals surface area contributed by atoms with Crippen molar-refractivity contribution in [2.75, 3.05) is 11.6 Å². The normalized spacial score (nSPS) is 12.6. The molecule has 128 valence electrons. The zero-order valence-electron chi connectivity index (χ0n) is 12.8. The van der Waals surface area contributed by atoms with E-state index in [9.17, 15) is 17.6 Å². The number of amides is 1.